The number of carbonyl (C=O) groups excluding carboxylic acids is 2. The molecule has 0 unspecified atom stereocenters. The average Bonchev–Trinajstić information content (AvgIpc) is 2.65. The second kappa shape index (κ2) is 8.13. The fraction of sp³-hybridized carbons (Fsp3) is 0.333. The lowest BCUT2D eigenvalue weighted by atomic mass is 9.95. The SMILES string of the molecule is Cc1ccccc1NC(=O)C1CCN(C(=O)Cc2ccccc2F)CC1. The fourth-order valence-electron chi connectivity index (χ4n) is 3.26. The molecule has 1 heterocycles. The van der Waals surface area contributed by atoms with Gasteiger partial charge >= 0.3 is 0 Å². The van der Waals surface area contributed by atoms with Gasteiger partial charge in [-0.05, 0) is 43.0 Å². The lowest BCUT2D eigenvalue weighted by Gasteiger charge is -2.31. The zero-order chi connectivity index (χ0) is 18.5. The number of piperidine rings is 1. The van der Waals surface area contributed by atoms with Crippen molar-refractivity contribution in [3.63, 3.8) is 0 Å². The third-order valence-corrected chi connectivity index (χ3v) is 4.92. The Balaban J connectivity index is 1.52. The van der Waals surface area contributed by atoms with Crippen LogP contribution in [0.25, 0.3) is 0 Å². The molecule has 4 nitrogen and oxygen atoms in total. The summed E-state index contributed by atoms with van der Waals surface area (Å²) in [7, 11) is 0. The van der Waals surface area contributed by atoms with Crippen LogP contribution >= 0.6 is 0 Å². The van der Waals surface area contributed by atoms with Crippen LogP contribution in [-0.2, 0) is 16.0 Å². The van der Waals surface area contributed by atoms with Crippen molar-refractivity contribution in [3.8, 4) is 0 Å². The average molecular weight is 354 g/mol. The van der Waals surface area contributed by atoms with Crippen LogP contribution in [-0.4, -0.2) is 29.8 Å². The summed E-state index contributed by atoms with van der Waals surface area (Å²) in [5, 5.41) is 2.98. The van der Waals surface area contributed by atoms with Gasteiger partial charge in [0.2, 0.25) is 11.8 Å². The first-order valence-corrected chi connectivity index (χ1v) is 8.92. The summed E-state index contributed by atoms with van der Waals surface area (Å²) < 4.78 is 13.7. The number of para-hydroxylation sites is 1. The molecule has 2 amide bonds. The number of amides is 2. The van der Waals surface area contributed by atoms with Crippen LogP contribution < -0.4 is 5.32 Å². The number of nitrogens with one attached hydrogen (secondary N) is 1. The number of aryl methyl sites for hydroxylation is 1. The van der Waals surface area contributed by atoms with Crippen molar-refractivity contribution < 1.29 is 14.0 Å². The molecule has 0 spiro atoms. The second-order valence-electron chi connectivity index (χ2n) is 6.73. The maximum Gasteiger partial charge on any atom is 0.227 e. The number of carbonyl (C=O) groups is 2. The van der Waals surface area contributed by atoms with Crippen LogP contribution in [0.15, 0.2) is 48.5 Å². The van der Waals surface area contributed by atoms with Crippen molar-refractivity contribution in [2.45, 2.75) is 26.2 Å². The van der Waals surface area contributed by atoms with Gasteiger partial charge in [-0.1, -0.05) is 36.4 Å². The molecule has 2 aromatic carbocycles. The van der Waals surface area contributed by atoms with E-state index in [4.69, 9.17) is 0 Å². The minimum Gasteiger partial charge on any atom is -0.342 e. The van der Waals surface area contributed by atoms with Gasteiger partial charge < -0.3 is 10.2 Å². The van der Waals surface area contributed by atoms with Crippen molar-refractivity contribution in [1.82, 2.24) is 4.90 Å². The number of hydrogen-bond donors (Lipinski definition) is 1. The molecule has 0 aromatic heterocycles. The molecular formula is C21H23FN2O2. The Labute approximate surface area is 153 Å². The highest BCUT2D eigenvalue weighted by Crippen LogP contribution is 2.22. The second-order valence-corrected chi connectivity index (χ2v) is 6.73. The van der Waals surface area contributed by atoms with Crippen molar-refractivity contribution in [2.75, 3.05) is 18.4 Å². The summed E-state index contributed by atoms with van der Waals surface area (Å²) in [6, 6.07) is 14.0. The summed E-state index contributed by atoms with van der Waals surface area (Å²) in [5.41, 5.74) is 2.27. The van der Waals surface area contributed by atoms with Crippen molar-refractivity contribution in [3.05, 3.63) is 65.5 Å². The van der Waals surface area contributed by atoms with Gasteiger partial charge in [0.1, 0.15) is 5.82 Å². The standard InChI is InChI=1S/C21H23FN2O2/c1-15-6-2-5-9-19(15)23-21(26)16-10-12-24(13-11-16)20(25)14-17-7-3-4-8-18(17)22/h2-9,16H,10-14H2,1H3,(H,23,26). The van der Waals surface area contributed by atoms with E-state index in [-0.39, 0.29) is 30.0 Å². The minimum absolute atomic E-state index is 0.000466. The molecular weight excluding hydrogens is 331 g/mol. The molecule has 1 aliphatic heterocycles. The Morgan fingerprint density at radius 1 is 1.08 bits per heavy atom. The first kappa shape index (κ1) is 18.1. The summed E-state index contributed by atoms with van der Waals surface area (Å²) in [6.45, 7) is 3.01. The van der Waals surface area contributed by atoms with E-state index in [1.165, 1.54) is 6.07 Å². The van der Waals surface area contributed by atoms with Gasteiger partial charge in [-0.25, -0.2) is 4.39 Å². The summed E-state index contributed by atoms with van der Waals surface area (Å²) in [4.78, 5) is 26.6. The van der Waals surface area contributed by atoms with Crippen LogP contribution in [0.5, 0.6) is 0 Å². The zero-order valence-corrected chi connectivity index (χ0v) is 14.9. The van der Waals surface area contributed by atoms with E-state index in [0.29, 0.717) is 31.5 Å². The Bertz CT molecular complexity index is 731. The van der Waals surface area contributed by atoms with E-state index in [1.807, 2.05) is 31.2 Å². The van der Waals surface area contributed by atoms with Gasteiger partial charge in [-0.15, -0.1) is 0 Å². The van der Waals surface area contributed by atoms with Crippen LogP contribution in [0.1, 0.15) is 24.0 Å². The molecule has 5 heteroatoms. The van der Waals surface area contributed by atoms with Crippen molar-refractivity contribution in [1.29, 1.82) is 0 Å². The van der Waals surface area contributed by atoms with Gasteiger partial charge in [0.05, 0.1) is 6.42 Å². The highest BCUT2D eigenvalue weighted by Gasteiger charge is 2.27. The zero-order valence-electron chi connectivity index (χ0n) is 14.9. The summed E-state index contributed by atoms with van der Waals surface area (Å²) in [6.07, 6.45) is 1.31. The maximum absolute atomic E-state index is 13.7. The largest absolute Gasteiger partial charge is 0.342 e. The van der Waals surface area contributed by atoms with E-state index in [1.54, 1.807) is 23.1 Å². The molecule has 3 rings (SSSR count). The molecule has 0 radical (unpaired) electrons. The fourth-order valence-corrected chi connectivity index (χ4v) is 3.26. The van der Waals surface area contributed by atoms with Crippen LogP contribution in [0.4, 0.5) is 10.1 Å². The van der Waals surface area contributed by atoms with Gasteiger partial charge in [-0.2, -0.15) is 0 Å². The van der Waals surface area contributed by atoms with E-state index >= 15 is 0 Å². The molecule has 1 saturated heterocycles. The Kier molecular flexibility index (Phi) is 5.66. The number of benzene rings is 2. The van der Waals surface area contributed by atoms with E-state index in [2.05, 4.69) is 5.32 Å². The molecule has 136 valence electrons. The Hall–Kier alpha value is -2.69. The lowest BCUT2D eigenvalue weighted by molar-refractivity contribution is -0.133. The monoisotopic (exact) mass is 354 g/mol. The molecule has 0 aliphatic carbocycles. The van der Waals surface area contributed by atoms with E-state index in [9.17, 15) is 14.0 Å². The van der Waals surface area contributed by atoms with Gasteiger partial charge in [0.25, 0.3) is 0 Å². The van der Waals surface area contributed by atoms with E-state index in [0.717, 1.165) is 11.3 Å². The number of halogens is 1. The number of hydrogen-bond acceptors (Lipinski definition) is 2. The molecule has 1 N–H and O–H groups in total. The number of anilines is 1. The first-order chi connectivity index (χ1) is 12.5. The summed E-state index contributed by atoms with van der Waals surface area (Å²) in [5.74, 6) is -0.547. The number of nitrogens with zero attached hydrogens (tertiary/aromatic N) is 1. The minimum atomic E-state index is -0.353. The predicted molar refractivity (Wildman–Crippen MR) is 99.2 cm³/mol. The van der Waals surface area contributed by atoms with Crippen molar-refractivity contribution >= 4 is 17.5 Å². The van der Waals surface area contributed by atoms with Gasteiger partial charge in [0, 0.05) is 24.7 Å². The number of likely N-dealkylation sites (tertiary alicyclic amines) is 1. The highest BCUT2D eigenvalue weighted by molar-refractivity contribution is 5.93. The van der Waals surface area contributed by atoms with Gasteiger partial charge in [-0.3, -0.25) is 9.59 Å². The third kappa shape index (κ3) is 4.28. The lowest BCUT2D eigenvalue weighted by Crippen LogP contribution is -2.42. The Morgan fingerprint density at radius 3 is 2.42 bits per heavy atom. The maximum atomic E-state index is 13.7. The predicted octanol–water partition coefficient (Wildman–Crippen LogP) is 3.55. The normalized spacial score (nSPS) is 14.9. The molecule has 1 aliphatic rings. The van der Waals surface area contributed by atoms with Crippen LogP contribution in [0.3, 0.4) is 0 Å². The third-order valence-electron chi connectivity index (χ3n) is 4.92. The topological polar surface area (TPSA) is 49.4 Å². The summed E-state index contributed by atoms with van der Waals surface area (Å²) >= 11 is 0. The van der Waals surface area contributed by atoms with E-state index < -0.39 is 0 Å². The molecule has 0 bridgehead atoms. The Morgan fingerprint density at radius 2 is 1.73 bits per heavy atom. The highest BCUT2D eigenvalue weighted by atomic mass is 19.1. The molecule has 0 atom stereocenters. The number of rotatable bonds is 4. The molecule has 2 aromatic rings. The van der Waals surface area contributed by atoms with Crippen LogP contribution in [0.2, 0.25) is 0 Å². The molecule has 0 saturated carbocycles. The molecule has 1 fully saturated rings. The van der Waals surface area contributed by atoms with Crippen LogP contribution in [0, 0.1) is 18.7 Å². The van der Waals surface area contributed by atoms with Gasteiger partial charge in [0.15, 0.2) is 0 Å². The smallest absolute Gasteiger partial charge is 0.227 e. The van der Waals surface area contributed by atoms with Crippen molar-refractivity contribution in [2.24, 2.45) is 5.92 Å². The quantitative estimate of drug-likeness (QED) is 0.913. The molecule has 26 heavy (non-hydrogen) atoms. The first-order valence-electron chi connectivity index (χ1n) is 8.92.